The van der Waals surface area contributed by atoms with Crippen molar-refractivity contribution in [2.45, 2.75) is 32.7 Å². The predicted molar refractivity (Wildman–Crippen MR) is 71.9 cm³/mol. The van der Waals surface area contributed by atoms with Crippen LogP contribution in [0.5, 0.6) is 0 Å². The van der Waals surface area contributed by atoms with E-state index in [2.05, 4.69) is 0 Å². The third kappa shape index (κ3) is 2.62. The molecule has 1 fully saturated rings. The minimum absolute atomic E-state index is 0.194. The molecule has 102 valence electrons. The Balaban J connectivity index is 2.32. The summed E-state index contributed by atoms with van der Waals surface area (Å²) < 4.78 is 0. The number of nitrogens with zero attached hydrogens (tertiary/aromatic N) is 1. The number of benzene rings is 1. The summed E-state index contributed by atoms with van der Waals surface area (Å²) >= 11 is 0. The van der Waals surface area contributed by atoms with E-state index in [4.69, 9.17) is 0 Å². The normalized spacial score (nSPS) is 22.0. The van der Waals surface area contributed by atoms with Crippen molar-refractivity contribution >= 4 is 11.9 Å². The summed E-state index contributed by atoms with van der Waals surface area (Å²) in [5, 5.41) is 9.45. The summed E-state index contributed by atoms with van der Waals surface area (Å²) in [6.07, 6.45) is 1.66. The third-order valence-electron chi connectivity index (χ3n) is 3.79. The Bertz CT molecular complexity index is 481. The van der Waals surface area contributed by atoms with Crippen LogP contribution < -0.4 is 0 Å². The van der Waals surface area contributed by atoms with Crippen LogP contribution in [-0.2, 0) is 4.79 Å². The SMILES string of the molecule is CC1(C)CCCN(C(=O)c2ccccc2)[C@@H]1C(=O)O. The maximum atomic E-state index is 12.5. The fourth-order valence-corrected chi connectivity index (χ4v) is 2.83. The van der Waals surface area contributed by atoms with Crippen molar-refractivity contribution in [1.82, 2.24) is 4.90 Å². The lowest BCUT2D eigenvalue weighted by Crippen LogP contribution is -2.56. The molecule has 1 aromatic carbocycles. The molecule has 1 aliphatic heterocycles. The van der Waals surface area contributed by atoms with Gasteiger partial charge in [0.1, 0.15) is 6.04 Å². The minimum Gasteiger partial charge on any atom is -0.480 e. The molecule has 1 aromatic rings. The number of piperidine rings is 1. The van der Waals surface area contributed by atoms with Crippen molar-refractivity contribution in [3.05, 3.63) is 35.9 Å². The number of rotatable bonds is 2. The van der Waals surface area contributed by atoms with E-state index in [-0.39, 0.29) is 5.91 Å². The summed E-state index contributed by atoms with van der Waals surface area (Å²) in [5.41, 5.74) is 0.153. The standard InChI is InChI=1S/C15H19NO3/c1-15(2)9-6-10-16(12(15)14(18)19)13(17)11-7-4-3-5-8-11/h3-5,7-8,12H,6,9-10H2,1-2H3,(H,18,19)/t12-/m1/s1. The molecule has 1 heterocycles. The number of aliphatic carboxylic acids is 1. The van der Waals surface area contributed by atoms with Crippen LogP contribution >= 0.6 is 0 Å². The number of carbonyl (C=O) groups excluding carboxylic acids is 1. The lowest BCUT2D eigenvalue weighted by Gasteiger charge is -2.44. The van der Waals surface area contributed by atoms with Gasteiger partial charge in [-0.1, -0.05) is 32.0 Å². The first-order chi connectivity index (χ1) is 8.93. The number of carbonyl (C=O) groups is 2. The predicted octanol–water partition coefficient (Wildman–Crippen LogP) is 2.40. The third-order valence-corrected chi connectivity index (χ3v) is 3.79. The molecule has 0 aromatic heterocycles. The van der Waals surface area contributed by atoms with Gasteiger partial charge in [-0.3, -0.25) is 4.79 Å². The highest BCUT2D eigenvalue weighted by Crippen LogP contribution is 2.36. The molecule has 0 bridgehead atoms. The highest BCUT2D eigenvalue weighted by molar-refractivity contribution is 5.96. The van der Waals surface area contributed by atoms with Crippen LogP contribution in [-0.4, -0.2) is 34.5 Å². The first-order valence-electron chi connectivity index (χ1n) is 6.52. The highest BCUT2D eigenvalue weighted by Gasteiger charge is 2.44. The number of hydrogen-bond acceptors (Lipinski definition) is 2. The van der Waals surface area contributed by atoms with Crippen LogP contribution in [0.15, 0.2) is 30.3 Å². The first-order valence-corrected chi connectivity index (χ1v) is 6.52. The van der Waals surface area contributed by atoms with E-state index in [0.29, 0.717) is 12.1 Å². The van der Waals surface area contributed by atoms with E-state index in [0.717, 1.165) is 12.8 Å². The van der Waals surface area contributed by atoms with Gasteiger partial charge in [-0.2, -0.15) is 0 Å². The average Bonchev–Trinajstić information content (AvgIpc) is 2.37. The molecule has 2 rings (SSSR count). The van der Waals surface area contributed by atoms with Crippen LogP contribution in [0.25, 0.3) is 0 Å². The quantitative estimate of drug-likeness (QED) is 0.889. The zero-order valence-corrected chi connectivity index (χ0v) is 11.3. The molecule has 1 N–H and O–H groups in total. The Labute approximate surface area is 113 Å². The van der Waals surface area contributed by atoms with Crippen LogP contribution in [0.1, 0.15) is 37.0 Å². The smallest absolute Gasteiger partial charge is 0.326 e. The zero-order chi connectivity index (χ0) is 14.0. The van der Waals surface area contributed by atoms with E-state index in [9.17, 15) is 14.7 Å². The lowest BCUT2D eigenvalue weighted by atomic mass is 9.76. The summed E-state index contributed by atoms with van der Waals surface area (Å²) in [6.45, 7) is 4.33. The summed E-state index contributed by atoms with van der Waals surface area (Å²) in [4.78, 5) is 25.5. The maximum Gasteiger partial charge on any atom is 0.326 e. The zero-order valence-electron chi connectivity index (χ0n) is 11.3. The second kappa shape index (κ2) is 5.03. The van der Waals surface area contributed by atoms with Crippen LogP contribution in [0.3, 0.4) is 0 Å². The number of carboxylic acids is 1. The van der Waals surface area contributed by atoms with Crippen molar-refractivity contribution in [3.8, 4) is 0 Å². The number of amides is 1. The molecule has 1 saturated heterocycles. The molecule has 4 nitrogen and oxygen atoms in total. The largest absolute Gasteiger partial charge is 0.480 e. The molecule has 0 spiro atoms. The van der Waals surface area contributed by atoms with E-state index >= 15 is 0 Å². The number of carboxylic acid groups (broad SMARTS) is 1. The second-order valence-electron chi connectivity index (χ2n) is 5.70. The first kappa shape index (κ1) is 13.6. The molecule has 1 atom stereocenters. The molecule has 0 aliphatic carbocycles. The number of likely N-dealkylation sites (tertiary alicyclic amines) is 1. The second-order valence-corrected chi connectivity index (χ2v) is 5.70. The van der Waals surface area contributed by atoms with Crippen LogP contribution in [0, 0.1) is 5.41 Å². The van der Waals surface area contributed by atoms with Crippen molar-refractivity contribution in [2.24, 2.45) is 5.41 Å². The number of hydrogen-bond donors (Lipinski definition) is 1. The molecule has 0 unspecified atom stereocenters. The molecule has 1 amide bonds. The van der Waals surface area contributed by atoms with Gasteiger partial charge in [-0.15, -0.1) is 0 Å². The van der Waals surface area contributed by atoms with Crippen molar-refractivity contribution in [3.63, 3.8) is 0 Å². The van der Waals surface area contributed by atoms with Crippen LogP contribution in [0.2, 0.25) is 0 Å². The molecule has 19 heavy (non-hydrogen) atoms. The van der Waals surface area contributed by atoms with Gasteiger partial charge in [-0.05, 0) is 30.4 Å². The van der Waals surface area contributed by atoms with Gasteiger partial charge in [-0.25, -0.2) is 4.79 Å². The molecule has 1 aliphatic rings. The van der Waals surface area contributed by atoms with Gasteiger partial charge < -0.3 is 10.0 Å². The van der Waals surface area contributed by atoms with Crippen molar-refractivity contribution in [2.75, 3.05) is 6.54 Å². The van der Waals surface area contributed by atoms with Crippen LogP contribution in [0.4, 0.5) is 0 Å². The average molecular weight is 261 g/mol. The molecule has 0 radical (unpaired) electrons. The monoisotopic (exact) mass is 261 g/mol. The molecule has 0 saturated carbocycles. The Kier molecular flexibility index (Phi) is 3.60. The molecular formula is C15H19NO3. The van der Waals surface area contributed by atoms with E-state index < -0.39 is 17.4 Å². The Morgan fingerprint density at radius 1 is 1.26 bits per heavy atom. The van der Waals surface area contributed by atoms with E-state index in [1.807, 2.05) is 19.9 Å². The van der Waals surface area contributed by atoms with Crippen molar-refractivity contribution in [1.29, 1.82) is 0 Å². The van der Waals surface area contributed by atoms with Gasteiger partial charge in [0, 0.05) is 12.1 Å². The summed E-state index contributed by atoms with van der Waals surface area (Å²) in [7, 11) is 0. The molecule has 4 heteroatoms. The Hall–Kier alpha value is -1.84. The van der Waals surface area contributed by atoms with E-state index in [1.165, 1.54) is 4.90 Å². The summed E-state index contributed by atoms with van der Waals surface area (Å²) in [6, 6.07) is 8.11. The van der Waals surface area contributed by atoms with E-state index in [1.54, 1.807) is 24.3 Å². The van der Waals surface area contributed by atoms with Gasteiger partial charge in [0.25, 0.3) is 5.91 Å². The Morgan fingerprint density at radius 2 is 1.89 bits per heavy atom. The maximum absolute atomic E-state index is 12.5. The van der Waals surface area contributed by atoms with Gasteiger partial charge >= 0.3 is 5.97 Å². The Morgan fingerprint density at radius 3 is 2.47 bits per heavy atom. The fourth-order valence-electron chi connectivity index (χ4n) is 2.83. The van der Waals surface area contributed by atoms with Gasteiger partial charge in [0.2, 0.25) is 0 Å². The summed E-state index contributed by atoms with van der Waals surface area (Å²) in [5.74, 6) is -1.12. The van der Waals surface area contributed by atoms with Crippen molar-refractivity contribution < 1.29 is 14.7 Å². The highest BCUT2D eigenvalue weighted by atomic mass is 16.4. The lowest BCUT2D eigenvalue weighted by molar-refractivity contribution is -0.148. The minimum atomic E-state index is -0.922. The topological polar surface area (TPSA) is 57.6 Å². The fraction of sp³-hybridized carbons (Fsp3) is 0.467. The van der Waals surface area contributed by atoms with Gasteiger partial charge in [0.05, 0.1) is 0 Å². The molecular weight excluding hydrogens is 242 g/mol. The van der Waals surface area contributed by atoms with Gasteiger partial charge in [0.15, 0.2) is 0 Å².